The SMILES string of the molecule is CCNC(=O)NC(=O)C(C)N(CC)CCCN. The van der Waals surface area contributed by atoms with Gasteiger partial charge in [-0.05, 0) is 33.4 Å². The van der Waals surface area contributed by atoms with Crippen molar-refractivity contribution < 1.29 is 9.59 Å². The molecule has 3 amide bonds. The van der Waals surface area contributed by atoms with E-state index in [9.17, 15) is 9.59 Å². The van der Waals surface area contributed by atoms with Crippen molar-refractivity contribution >= 4 is 11.9 Å². The quantitative estimate of drug-likeness (QED) is 0.583. The Kier molecular flexibility index (Phi) is 8.35. The summed E-state index contributed by atoms with van der Waals surface area (Å²) in [6, 6.07) is -0.770. The maximum absolute atomic E-state index is 11.7. The van der Waals surface area contributed by atoms with E-state index in [1.54, 1.807) is 13.8 Å². The molecule has 6 heteroatoms. The van der Waals surface area contributed by atoms with Crippen LogP contribution in [0.4, 0.5) is 4.79 Å². The number of nitrogens with zero attached hydrogens (tertiary/aromatic N) is 1. The Hall–Kier alpha value is -1.14. The van der Waals surface area contributed by atoms with Crippen molar-refractivity contribution in [2.75, 3.05) is 26.2 Å². The van der Waals surface area contributed by atoms with Crippen molar-refractivity contribution in [3.63, 3.8) is 0 Å². The van der Waals surface area contributed by atoms with E-state index in [4.69, 9.17) is 5.73 Å². The van der Waals surface area contributed by atoms with Crippen LogP contribution in [-0.2, 0) is 4.79 Å². The predicted molar refractivity (Wildman–Crippen MR) is 67.6 cm³/mol. The first-order valence-corrected chi connectivity index (χ1v) is 6.09. The first-order chi connectivity index (χ1) is 8.06. The van der Waals surface area contributed by atoms with Crippen molar-refractivity contribution in [3.05, 3.63) is 0 Å². The lowest BCUT2D eigenvalue weighted by molar-refractivity contribution is -0.124. The molecule has 6 nitrogen and oxygen atoms in total. The fourth-order valence-electron chi connectivity index (χ4n) is 1.51. The first kappa shape index (κ1) is 15.9. The number of imide groups is 1. The van der Waals surface area contributed by atoms with Crippen molar-refractivity contribution in [1.29, 1.82) is 0 Å². The van der Waals surface area contributed by atoms with Crippen molar-refractivity contribution in [3.8, 4) is 0 Å². The third-order valence-electron chi connectivity index (χ3n) is 2.56. The van der Waals surface area contributed by atoms with Gasteiger partial charge in [0.25, 0.3) is 0 Å². The molecular formula is C11H24N4O2. The topological polar surface area (TPSA) is 87.5 Å². The number of likely N-dealkylation sites (N-methyl/N-ethyl adjacent to an activating group) is 1. The summed E-state index contributed by atoms with van der Waals surface area (Å²) in [5, 5.41) is 4.83. The van der Waals surface area contributed by atoms with E-state index < -0.39 is 6.03 Å². The summed E-state index contributed by atoms with van der Waals surface area (Å²) in [6.45, 7) is 8.17. The van der Waals surface area contributed by atoms with Crippen LogP contribution in [0.3, 0.4) is 0 Å². The lowest BCUT2D eigenvalue weighted by Gasteiger charge is -2.26. The number of hydrogen-bond acceptors (Lipinski definition) is 4. The van der Waals surface area contributed by atoms with Crippen LogP contribution < -0.4 is 16.4 Å². The Morgan fingerprint density at radius 3 is 2.47 bits per heavy atom. The molecule has 0 bridgehead atoms. The molecule has 4 N–H and O–H groups in total. The average Bonchev–Trinajstić information content (AvgIpc) is 2.29. The van der Waals surface area contributed by atoms with E-state index in [0.717, 1.165) is 19.5 Å². The molecule has 0 aliphatic rings. The number of hydrogen-bond donors (Lipinski definition) is 3. The summed E-state index contributed by atoms with van der Waals surface area (Å²) in [5.74, 6) is -0.283. The van der Waals surface area contributed by atoms with Gasteiger partial charge in [0.2, 0.25) is 5.91 Å². The van der Waals surface area contributed by atoms with Gasteiger partial charge in [-0.2, -0.15) is 0 Å². The van der Waals surface area contributed by atoms with E-state index in [1.807, 2.05) is 11.8 Å². The molecular weight excluding hydrogens is 220 g/mol. The molecule has 0 fully saturated rings. The predicted octanol–water partition coefficient (Wildman–Crippen LogP) is -0.109. The molecule has 0 rings (SSSR count). The maximum atomic E-state index is 11.7. The highest BCUT2D eigenvalue weighted by atomic mass is 16.2. The van der Waals surface area contributed by atoms with Gasteiger partial charge in [0.1, 0.15) is 0 Å². The summed E-state index contributed by atoms with van der Waals surface area (Å²) < 4.78 is 0. The molecule has 17 heavy (non-hydrogen) atoms. The van der Waals surface area contributed by atoms with Crippen LogP contribution in [0, 0.1) is 0 Å². The third kappa shape index (κ3) is 6.23. The maximum Gasteiger partial charge on any atom is 0.321 e. The zero-order chi connectivity index (χ0) is 13.3. The summed E-state index contributed by atoms with van der Waals surface area (Å²) in [4.78, 5) is 24.9. The van der Waals surface area contributed by atoms with Crippen LogP contribution in [0.5, 0.6) is 0 Å². The van der Waals surface area contributed by atoms with Crippen LogP contribution >= 0.6 is 0 Å². The Bertz CT molecular complexity index is 246. The highest BCUT2D eigenvalue weighted by Crippen LogP contribution is 2.00. The zero-order valence-electron chi connectivity index (χ0n) is 11.0. The Morgan fingerprint density at radius 1 is 1.35 bits per heavy atom. The van der Waals surface area contributed by atoms with E-state index in [-0.39, 0.29) is 11.9 Å². The van der Waals surface area contributed by atoms with Crippen LogP contribution in [0.15, 0.2) is 0 Å². The van der Waals surface area contributed by atoms with Crippen molar-refractivity contribution in [2.45, 2.75) is 33.2 Å². The van der Waals surface area contributed by atoms with E-state index in [1.165, 1.54) is 0 Å². The smallest absolute Gasteiger partial charge is 0.321 e. The molecule has 0 aromatic heterocycles. The minimum absolute atomic E-state index is 0.283. The average molecular weight is 244 g/mol. The van der Waals surface area contributed by atoms with E-state index >= 15 is 0 Å². The van der Waals surface area contributed by atoms with Crippen LogP contribution in [0.25, 0.3) is 0 Å². The van der Waals surface area contributed by atoms with E-state index in [0.29, 0.717) is 13.1 Å². The Morgan fingerprint density at radius 2 is 2.00 bits per heavy atom. The third-order valence-corrected chi connectivity index (χ3v) is 2.56. The van der Waals surface area contributed by atoms with Crippen LogP contribution in [0.2, 0.25) is 0 Å². The number of carbonyl (C=O) groups excluding carboxylic acids is 2. The summed E-state index contributed by atoms with van der Waals surface area (Å²) in [5.41, 5.74) is 5.44. The van der Waals surface area contributed by atoms with Gasteiger partial charge in [-0.15, -0.1) is 0 Å². The minimum atomic E-state index is -0.445. The molecule has 1 unspecified atom stereocenters. The van der Waals surface area contributed by atoms with Crippen molar-refractivity contribution in [1.82, 2.24) is 15.5 Å². The molecule has 100 valence electrons. The van der Waals surface area contributed by atoms with Gasteiger partial charge >= 0.3 is 6.03 Å². The van der Waals surface area contributed by atoms with Crippen LogP contribution in [-0.4, -0.2) is 49.1 Å². The number of rotatable bonds is 7. The second-order valence-corrected chi connectivity index (χ2v) is 3.80. The number of carbonyl (C=O) groups is 2. The molecule has 0 radical (unpaired) electrons. The molecule has 0 spiro atoms. The van der Waals surface area contributed by atoms with Gasteiger partial charge < -0.3 is 11.1 Å². The molecule has 0 aromatic carbocycles. The Balaban J connectivity index is 4.20. The summed E-state index contributed by atoms with van der Waals surface area (Å²) in [7, 11) is 0. The number of urea groups is 1. The fourth-order valence-corrected chi connectivity index (χ4v) is 1.51. The van der Waals surface area contributed by atoms with Gasteiger partial charge in [0.15, 0.2) is 0 Å². The molecule has 0 saturated carbocycles. The second-order valence-electron chi connectivity index (χ2n) is 3.80. The Labute approximate surface area is 103 Å². The fraction of sp³-hybridized carbons (Fsp3) is 0.818. The number of nitrogens with one attached hydrogen (secondary N) is 2. The van der Waals surface area contributed by atoms with Gasteiger partial charge in [-0.1, -0.05) is 6.92 Å². The first-order valence-electron chi connectivity index (χ1n) is 6.09. The van der Waals surface area contributed by atoms with Gasteiger partial charge in [0, 0.05) is 13.1 Å². The second kappa shape index (κ2) is 8.95. The standard InChI is InChI=1S/C11H24N4O2/c1-4-13-11(17)14-10(16)9(3)15(5-2)8-6-7-12/h9H,4-8,12H2,1-3H3,(H2,13,14,16,17). The monoisotopic (exact) mass is 244 g/mol. The van der Waals surface area contributed by atoms with Gasteiger partial charge in [-0.3, -0.25) is 15.0 Å². The normalized spacial score (nSPS) is 12.3. The number of amides is 3. The lowest BCUT2D eigenvalue weighted by atomic mass is 10.2. The molecule has 0 heterocycles. The number of nitrogens with two attached hydrogens (primary N) is 1. The zero-order valence-corrected chi connectivity index (χ0v) is 11.0. The molecule has 0 aliphatic heterocycles. The molecule has 0 saturated heterocycles. The molecule has 0 aromatic rings. The van der Waals surface area contributed by atoms with Crippen LogP contribution in [0.1, 0.15) is 27.2 Å². The lowest BCUT2D eigenvalue weighted by Crippen LogP contribution is -2.50. The summed E-state index contributed by atoms with van der Waals surface area (Å²) >= 11 is 0. The van der Waals surface area contributed by atoms with Gasteiger partial charge in [0.05, 0.1) is 6.04 Å². The minimum Gasteiger partial charge on any atom is -0.338 e. The van der Waals surface area contributed by atoms with Crippen molar-refractivity contribution in [2.24, 2.45) is 5.73 Å². The van der Waals surface area contributed by atoms with Gasteiger partial charge in [-0.25, -0.2) is 4.79 Å². The molecule has 1 atom stereocenters. The highest BCUT2D eigenvalue weighted by molar-refractivity contribution is 5.96. The van der Waals surface area contributed by atoms with E-state index in [2.05, 4.69) is 10.6 Å². The highest BCUT2D eigenvalue weighted by Gasteiger charge is 2.20. The summed E-state index contributed by atoms with van der Waals surface area (Å²) in [6.07, 6.45) is 0.840. The largest absolute Gasteiger partial charge is 0.338 e. The molecule has 0 aliphatic carbocycles.